The molecule has 0 saturated carbocycles. The van der Waals surface area contributed by atoms with Crippen LogP contribution in [0, 0.1) is 5.82 Å². The number of methoxy groups -OCH3 is 1. The number of nitrogens with two attached hydrogens (primary N) is 1. The van der Waals surface area contributed by atoms with Crippen molar-refractivity contribution in [3.05, 3.63) is 69.8 Å². The Bertz CT molecular complexity index is 1630. The molecule has 0 atom stereocenters. The molecule has 2 aliphatic rings. The van der Waals surface area contributed by atoms with E-state index in [1.54, 1.807) is 29.2 Å². The van der Waals surface area contributed by atoms with Crippen molar-refractivity contribution in [3.63, 3.8) is 0 Å². The number of piperidine rings is 1. The number of carbonyl (C=O) groups excluding carboxylic acids is 2. The molecule has 3 aromatic rings. The number of halogens is 2. The summed E-state index contributed by atoms with van der Waals surface area (Å²) in [6.45, 7) is 2.64. The number of benzene rings is 2. The van der Waals surface area contributed by atoms with Gasteiger partial charge in [0.15, 0.2) is 0 Å². The molecule has 3 heterocycles. The molecule has 0 spiro atoms. The van der Waals surface area contributed by atoms with E-state index in [-0.39, 0.29) is 29.6 Å². The summed E-state index contributed by atoms with van der Waals surface area (Å²) in [4.78, 5) is 27.3. The number of hydrogen-bond donors (Lipinski definition) is 1. The fraction of sp³-hybridized carbons (Fsp3) is 0.308. The van der Waals surface area contributed by atoms with Gasteiger partial charge in [-0.05, 0) is 42.7 Å². The van der Waals surface area contributed by atoms with Crippen molar-refractivity contribution < 1.29 is 31.6 Å². The number of hydrogen-bond acceptors (Lipinski definition) is 9. The maximum atomic E-state index is 15.4. The van der Waals surface area contributed by atoms with Gasteiger partial charge in [0, 0.05) is 23.5 Å². The van der Waals surface area contributed by atoms with Crippen molar-refractivity contribution in [3.8, 4) is 11.5 Å². The van der Waals surface area contributed by atoms with E-state index in [9.17, 15) is 18.0 Å². The van der Waals surface area contributed by atoms with Crippen LogP contribution >= 0.6 is 11.6 Å². The van der Waals surface area contributed by atoms with E-state index in [2.05, 4.69) is 10.2 Å². The average molecular weight is 590 g/mol. The van der Waals surface area contributed by atoms with Crippen molar-refractivity contribution >= 4 is 39.1 Å². The van der Waals surface area contributed by atoms with Gasteiger partial charge in [-0.3, -0.25) is 4.79 Å². The summed E-state index contributed by atoms with van der Waals surface area (Å²) in [5, 5.41) is 9.28. The standard InChI is InChI=1S/C26H25ClFN5O6S/c1-26(7-9-32(10-8-26)25(35)38-2)24-31-30-22(39-24)17-11-20-21(12-18(17)28)40(36,37)14-19(29)23(34)33(20)13-15-3-5-16(27)6-4-15/h3-6,11-12,14H,7-10,13,29H2,1-2H3. The molecular formula is C26H25ClFN5O6S. The SMILES string of the molecule is COC(=O)N1CCC(C)(c2nnc(-c3cc4c(cc3F)S(=O)(=O)C=C(N)C(=O)N4Cc3ccc(Cl)cc3)o2)CC1. The van der Waals surface area contributed by atoms with E-state index in [4.69, 9.17) is 26.5 Å². The first-order valence-corrected chi connectivity index (χ1v) is 14.1. The second-order valence-electron chi connectivity index (χ2n) is 9.87. The highest BCUT2D eigenvalue weighted by atomic mass is 35.5. The van der Waals surface area contributed by atoms with Crippen LogP contribution in [0.15, 0.2) is 56.8 Å². The lowest BCUT2D eigenvalue weighted by atomic mass is 9.80. The van der Waals surface area contributed by atoms with Gasteiger partial charge in [0.1, 0.15) is 11.5 Å². The van der Waals surface area contributed by atoms with Crippen LogP contribution in [0.25, 0.3) is 11.5 Å². The zero-order valence-corrected chi connectivity index (χ0v) is 23.1. The molecule has 0 unspecified atom stereocenters. The largest absolute Gasteiger partial charge is 0.453 e. The predicted molar refractivity (Wildman–Crippen MR) is 142 cm³/mol. The van der Waals surface area contributed by atoms with Crippen molar-refractivity contribution in [2.24, 2.45) is 5.73 Å². The molecule has 5 rings (SSSR count). The first kappa shape index (κ1) is 27.6. The number of nitrogens with zero attached hydrogens (tertiary/aromatic N) is 4. The zero-order valence-electron chi connectivity index (χ0n) is 21.6. The summed E-state index contributed by atoms with van der Waals surface area (Å²) in [6, 6.07) is 8.62. The van der Waals surface area contributed by atoms with Gasteiger partial charge in [0.25, 0.3) is 11.8 Å². The summed E-state index contributed by atoms with van der Waals surface area (Å²) in [7, 11) is -2.96. The minimum atomic E-state index is -4.27. The number of sulfone groups is 1. The summed E-state index contributed by atoms with van der Waals surface area (Å²) < 4.78 is 52.2. The van der Waals surface area contributed by atoms with E-state index in [1.807, 2.05) is 6.92 Å². The average Bonchev–Trinajstić information content (AvgIpc) is 3.41. The number of anilines is 1. The fourth-order valence-electron chi connectivity index (χ4n) is 4.72. The number of aromatic nitrogens is 2. The molecule has 2 aromatic carbocycles. The van der Waals surface area contributed by atoms with Crippen LogP contribution in [0.1, 0.15) is 31.2 Å². The van der Waals surface area contributed by atoms with Crippen LogP contribution in [0.3, 0.4) is 0 Å². The maximum Gasteiger partial charge on any atom is 0.409 e. The van der Waals surface area contributed by atoms with Gasteiger partial charge in [0.2, 0.25) is 15.7 Å². The molecule has 1 fully saturated rings. The number of fused-ring (bicyclic) bond motifs is 1. The van der Waals surface area contributed by atoms with Crippen LogP contribution in [0.5, 0.6) is 0 Å². The van der Waals surface area contributed by atoms with Crippen molar-refractivity contribution in [1.82, 2.24) is 15.1 Å². The Morgan fingerprint density at radius 2 is 1.88 bits per heavy atom. The first-order chi connectivity index (χ1) is 18.9. The lowest BCUT2D eigenvalue weighted by Gasteiger charge is -2.36. The Morgan fingerprint density at radius 3 is 2.52 bits per heavy atom. The molecule has 14 heteroatoms. The Morgan fingerprint density at radius 1 is 1.20 bits per heavy atom. The minimum absolute atomic E-state index is 0.0675. The Hall–Kier alpha value is -3.97. The molecule has 1 saturated heterocycles. The third-order valence-corrected chi connectivity index (χ3v) is 8.90. The monoisotopic (exact) mass is 589 g/mol. The van der Waals surface area contributed by atoms with Gasteiger partial charge < -0.3 is 24.7 Å². The number of ether oxygens (including phenoxy) is 1. The number of carbonyl (C=O) groups is 2. The molecule has 1 aromatic heterocycles. The van der Waals surface area contributed by atoms with Crippen LogP contribution in [-0.4, -0.2) is 55.7 Å². The lowest BCUT2D eigenvalue weighted by molar-refractivity contribution is -0.115. The van der Waals surface area contributed by atoms with Crippen molar-refractivity contribution in [2.45, 2.75) is 36.6 Å². The summed E-state index contributed by atoms with van der Waals surface area (Å²) in [5.74, 6) is -1.65. The summed E-state index contributed by atoms with van der Waals surface area (Å²) in [5.41, 5.74) is 5.08. The molecule has 0 bridgehead atoms. The molecular weight excluding hydrogens is 565 g/mol. The molecule has 2 amide bonds. The van der Waals surface area contributed by atoms with E-state index in [1.165, 1.54) is 13.2 Å². The van der Waals surface area contributed by atoms with Gasteiger partial charge in [-0.1, -0.05) is 30.7 Å². The number of likely N-dealkylation sites (tertiary alicyclic amines) is 1. The fourth-order valence-corrected chi connectivity index (χ4v) is 6.14. The second kappa shape index (κ2) is 10.2. The molecule has 11 nitrogen and oxygen atoms in total. The minimum Gasteiger partial charge on any atom is -0.453 e. The van der Waals surface area contributed by atoms with Gasteiger partial charge >= 0.3 is 6.09 Å². The van der Waals surface area contributed by atoms with Crippen molar-refractivity contribution in [2.75, 3.05) is 25.1 Å². The Labute approximate surface area is 234 Å². The highest BCUT2D eigenvalue weighted by Gasteiger charge is 2.39. The van der Waals surface area contributed by atoms with Gasteiger partial charge in [-0.15, -0.1) is 10.2 Å². The van der Waals surface area contributed by atoms with Crippen LogP contribution in [0.4, 0.5) is 14.9 Å². The number of rotatable bonds is 4. The highest BCUT2D eigenvalue weighted by Crippen LogP contribution is 2.39. The van der Waals surface area contributed by atoms with Crippen LogP contribution < -0.4 is 10.6 Å². The zero-order chi connectivity index (χ0) is 28.8. The molecule has 0 radical (unpaired) electrons. The molecule has 2 aliphatic heterocycles. The first-order valence-electron chi connectivity index (χ1n) is 12.2. The van der Waals surface area contributed by atoms with Gasteiger partial charge in [0.05, 0.1) is 35.2 Å². The highest BCUT2D eigenvalue weighted by molar-refractivity contribution is 7.94. The summed E-state index contributed by atoms with van der Waals surface area (Å²) >= 11 is 5.98. The molecule has 0 aliphatic carbocycles. The van der Waals surface area contributed by atoms with E-state index in [0.29, 0.717) is 41.9 Å². The van der Waals surface area contributed by atoms with Gasteiger partial charge in [-0.2, -0.15) is 0 Å². The van der Waals surface area contributed by atoms with Gasteiger partial charge in [-0.25, -0.2) is 17.6 Å². The third-order valence-electron chi connectivity index (χ3n) is 7.15. The normalized spacial score (nSPS) is 18.1. The quantitative estimate of drug-likeness (QED) is 0.480. The van der Waals surface area contributed by atoms with Crippen LogP contribution in [-0.2, 0) is 31.3 Å². The van der Waals surface area contributed by atoms with E-state index < -0.39 is 43.7 Å². The van der Waals surface area contributed by atoms with Crippen LogP contribution in [0.2, 0.25) is 5.02 Å². The smallest absolute Gasteiger partial charge is 0.409 e. The van der Waals surface area contributed by atoms with E-state index >= 15 is 4.39 Å². The third kappa shape index (κ3) is 5.02. The molecule has 40 heavy (non-hydrogen) atoms. The Balaban J connectivity index is 1.54. The maximum absolute atomic E-state index is 15.4. The molecule has 210 valence electrons. The number of amides is 2. The summed E-state index contributed by atoms with van der Waals surface area (Å²) in [6.07, 6.45) is 0.578. The lowest BCUT2D eigenvalue weighted by Crippen LogP contribution is -2.44. The Kier molecular flexibility index (Phi) is 7.04. The predicted octanol–water partition coefficient (Wildman–Crippen LogP) is 3.77. The second-order valence-corrected chi connectivity index (χ2v) is 12.1. The topological polar surface area (TPSA) is 149 Å². The van der Waals surface area contributed by atoms with E-state index in [0.717, 1.165) is 11.0 Å². The van der Waals surface area contributed by atoms with Crippen molar-refractivity contribution in [1.29, 1.82) is 0 Å². The molecule has 2 N–H and O–H groups in total.